The van der Waals surface area contributed by atoms with Crippen molar-refractivity contribution >= 4 is 0 Å². The standard InChI is InChI=1S/C16H27N3/c1-11(2)17-10-6-9-15-12(3)18-16(19-13(15)4)14-7-5-8-14/h11,14,17H,5-10H2,1-4H3. The molecule has 0 saturated heterocycles. The predicted octanol–water partition coefficient (Wildman–Crippen LogP) is 3.29. The maximum atomic E-state index is 4.74. The highest BCUT2D eigenvalue weighted by Gasteiger charge is 2.23. The molecule has 0 radical (unpaired) electrons. The van der Waals surface area contributed by atoms with Crippen LogP contribution in [0.25, 0.3) is 0 Å². The van der Waals surface area contributed by atoms with Gasteiger partial charge in [0.1, 0.15) is 5.82 Å². The lowest BCUT2D eigenvalue weighted by Gasteiger charge is -2.25. The van der Waals surface area contributed by atoms with Gasteiger partial charge >= 0.3 is 0 Å². The minimum Gasteiger partial charge on any atom is -0.315 e. The van der Waals surface area contributed by atoms with Crippen molar-refractivity contribution in [2.24, 2.45) is 0 Å². The Bertz CT molecular complexity index is 399. The van der Waals surface area contributed by atoms with Crippen LogP contribution >= 0.6 is 0 Å². The van der Waals surface area contributed by atoms with Crippen LogP contribution in [0.3, 0.4) is 0 Å². The highest BCUT2D eigenvalue weighted by Crippen LogP contribution is 2.34. The fraction of sp³-hybridized carbons (Fsp3) is 0.750. The quantitative estimate of drug-likeness (QED) is 0.798. The summed E-state index contributed by atoms with van der Waals surface area (Å²) in [6.07, 6.45) is 6.14. The number of hydrogen-bond acceptors (Lipinski definition) is 3. The average molecular weight is 261 g/mol. The zero-order valence-electron chi connectivity index (χ0n) is 12.8. The van der Waals surface area contributed by atoms with Crippen LogP contribution in [0.1, 0.15) is 68.2 Å². The van der Waals surface area contributed by atoms with Crippen LogP contribution in [0.2, 0.25) is 0 Å². The van der Waals surface area contributed by atoms with Crippen molar-refractivity contribution in [3.8, 4) is 0 Å². The van der Waals surface area contributed by atoms with Crippen molar-refractivity contribution in [1.29, 1.82) is 0 Å². The minimum atomic E-state index is 0.569. The molecule has 0 aromatic carbocycles. The zero-order chi connectivity index (χ0) is 13.8. The SMILES string of the molecule is Cc1nc(C2CCC2)nc(C)c1CCCNC(C)C. The summed E-state index contributed by atoms with van der Waals surface area (Å²) in [5.41, 5.74) is 3.74. The summed E-state index contributed by atoms with van der Waals surface area (Å²) in [6.45, 7) is 9.73. The first kappa shape index (κ1) is 14.4. The summed E-state index contributed by atoms with van der Waals surface area (Å²) >= 11 is 0. The molecule has 1 heterocycles. The van der Waals surface area contributed by atoms with Gasteiger partial charge in [-0.3, -0.25) is 0 Å². The average Bonchev–Trinajstić information content (AvgIpc) is 2.24. The second-order valence-electron chi connectivity index (χ2n) is 6.07. The minimum absolute atomic E-state index is 0.569. The zero-order valence-corrected chi connectivity index (χ0v) is 12.8. The van der Waals surface area contributed by atoms with Gasteiger partial charge in [0.25, 0.3) is 0 Å². The Labute approximate surface area is 117 Å². The van der Waals surface area contributed by atoms with Gasteiger partial charge in [-0.2, -0.15) is 0 Å². The number of rotatable bonds is 6. The number of nitrogens with zero attached hydrogens (tertiary/aromatic N) is 2. The van der Waals surface area contributed by atoms with Gasteiger partial charge in [-0.25, -0.2) is 9.97 Å². The molecular weight excluding hydrogens is 234 g/mol. The second-order valence-corrected chi connectivity index (χ2v) is 6.07. The molecule has 0 atom stereocenters. The van der Waals surface area contributed by atoms with E-state index in [-0.39, 0.29) is 0 Å². The molecule has 19 heavy (non-hydrogen) atoms. The van der Waals surface area contributed by atoms with Crippen LogP contribution in [0.5, 0.6) is 0 Å². The van der Waals surface area contributed by atoms with Crippen molar-refractivity contribution in [2.45, 2.75) is 71.8 Å². The van der Waals surface area contributed by atoms with Crippen LogP contribution < -0.4 is 5.32 Å². The largest absolute Gasteiger partial charge is 0.315 e. The summed E-state index contributed by atoms with van der Waals surface area (Å²) in [6, 6.07) is 0.569. The number of aromatic nitrogens is 2. The first-order valence-electron chi connectivity index (χ1n) is 7.65. The Hall–Kier alpha value is -0.960. The van der Waals surface area contributed by atoms with E-state index in [0.717, 1.165) is 25.2 Å². The molecule has 3 nitrogen and oxygen atoms in total. The molecule has 106 valence electrons. The van der Waals surface area contributed by atoms with Gasteiger partial charge in [0.05, 0.1) is 0 Å². The molecule has 0 unspecified atom stereocenters. The Morgan fingerprint density at radius 1 is 1.16 bits per heavy atom. The molecular formula is C16H27N3. The molecule has 1 N–H and O–H groups in total. The third-order valence-corrected chi connectivity index (χ3v) is 4.06. The summed E-state index contributed by atoms with van der Waals surface area (Å²) in [5, 5.41) is 3.46. The summed E-state index contributed by atoms with van der Waals surface area (Å²) in [4.78, 5) is 9.48. The van der Waals surface area contributed by atoms with Crippen molar-refractivity contribution in [1.82, 2.24) is 15.3 Å². The number of hydrogen-bond donors (Lipinski definition) is 1. The van der Waals surface area contributed by atoms with Gasteiger partial charge in [0.15, 0.2) is 0 Å². The highest BCUT2D eigenvalue weighted by atomic mass is 14.9. The van der Waals surface area contributed by atoms with Crippen molar-refractivity contribution in [3.05, 3.63) is 22.8 Å². The van der Waals surface area contributed by atoms with E-state index in [1.54, 1.807) is 0 Å². The maximum Gasteiger partial charge on any atom is 0.131 e. The van der Waals surface area contributed by atoms with Crippen LogP contribution in [0, 0.1) is 13.8 Å². The summed E-state index contributed by atoms with van der Waals surface area (Å²) in [7, 11) is 0. The molecule has 1 saturated carbocycles. The summed E-state index contributed by atoms with van der Waals surface area (Å²) < 4.78 is 0. The number of nitrogens with one attached hydrogen (secondary N) is 1. The lowest BCUT2D eigenvalue weighted by molar-refractivity contribution is 0.399. The molecule has 3 heteroatoms. The van der Waals surface area contributed by atoms with Gasteiger partial charge in [0.2, 0.25) is 0 Å². The third-order valence-electron chi connectivity index (χ3n) is 4.06. The van der Waals surface area contributed by atoms with Gasteiger partial charge in [-0.05, 0) is 51.6 Å². The van der Waals surface area contributed by atoms with E-state index in [0.29, 0.717) is 12.0 Å². The monoisotopic (exact) mass is 261 g/mol. The van der Waals surface area contributed by atoms with Crippen molar-refractivity contribution in [3.63, 3.8) is 0 Å². The normalized spacial score (nSPS) is 15.8. The van der Waals surface area contributed by atoms with Gasteiger partial charge in [-0.1, -0.05) is 20.3 Å². The van der Waals surface area contributed by atoms with Crippen LogP contribution in [0.4, 0.5) is 0 Å². The van der Waals surface area contributed by atoms with Crippen LogP contribution in [0.15, 0.2) is 0 Å². The van der Waals surface area contributed by atoms with Crippen LogP contribution in [-0.4, -0.2) is 22.6 Å². The second kappa shape index (κ2) is 6.47. The van der Waals surface area contributed by atoms with Gasteiger partial charge in [-0.15, -0.1) is 0 Å². The Balaban J connectivity index is 1.96. The molecule has 2 rings (SSSR count). The lowest BCUT2D eigenvalue weighted by atomic mass is 9.84. The van der Waals surface area contributed by atoms with Gasteiger partial charge in [0, 0.05) is 23.3 Å². The maximum absolute atomic E-state index is 4.74. The van der Waals surface area contributed by atoms with E-state index in [1.807, 2.05) is 0 Å². The fourth-order valence-electron chi connectivity index (χ4n) is 2.63. The van der Waals surface area contributed by atoms with E-state index in [4.69, 9.17) is 9.97 Å². The highest BCUT2D eigenvalue weighted by molar-refractivity contribution is 5.25. The van der Waals surface area contributed by atoms with E-state index < -0.39 is 0 Å². The molecule has 0 aliphatic heterocycles. The van der Waals surface area contributed by atoms with Crippen LogP contribution in [-0.2, 0) is 6.42 Å². The first-order valence-corrected chi connectivity index (χ1v) is 7.65. The lowest BCUT2D eigenvalue weighted by Crippen LogP contribution is -2.24. The van der Waals surface area contributed by atoms with Crippen molar-refractivity contribution in [2.75, 3.05) is 6.54 Å². The van der Waals surface area contributed by atoms with Crippen molar-refractivity contribution < 1.29 is 0 Å². The molecule has 1 fully saturated rings. The Kier molecular flexibility index (Phi) is 4.92. The molecule has 0 amide bonds. The first-order chi connectivity index (χ1) is 9.08. The van der Waals surface area contributed by atoms with E-state index in [9.17, 15) is 0 Å². The number of aryl methyl sites for hydroxylation is 2. The Morgan fingerprint density at radius 3 is 2.26 bits per heavy atom. The molecule has 0 spiro atoms. The molecule has 1 aromatic rings. The molecule has 0 bridgehead atoms. The molecule has 1 aliphatic carbocycles. The topological polar surface area (TPSA) is 37.8 Å². The molecule has 1 aromatic heterocycles. The molecule has 1 aliphatic rings. The van der Waals surface area contributed by atoms with Gasteiger partial charge < -0.3 is 5.32 Å². The Morgan fingerprint density at radius 2 is 1.79 bits per heavy atom. The summed E-state index contributed by atoms with van der Waals surface area (Å²) in [5.74, 6) is 1.72. The van der Waals surface area contributed by atoms with E-state index >= 15 is 0 Å². The smallest absolute Gasteiger partial charge is 0.131 e. The fourth-order valence-corrected chi connectivity index (χ4v) is 2.63. The third kappa shape index (κ3) is 3.75. The van der Waals surface area contributed by atoms with E-state index in [2.05, 4.69) is 33.0 Å². The predicted molar refractivity (Wildman–Crippen MR) is 79.6 cm³/mol. The van der Waals surface area contributed by atoms with E-state index in [1.165, 1.54) is 36.2 Å².